The van der Waals surface area contributed by atoms with Crippen LogP contribution in [0.25, 0.3) is 6.08 Å². The molecule has 1 aromatic carbocycles. The fourth-order valence-corrected chi connectivity index (χ4v) is 3.29. The van der Waals surface area contributed by atoms with Crippen LogP contribution in [0.2, 0.25) is 0 Å². The van der Waals surface area contributed by atoms with Gasteiger partial charge >= 0.3 is 0 Å². The first-order valence-corrected chi connectivity index (χ1v) is 9.30. The second-order valence-corrected chi connectivity index (χ2v) is 6.50. The average molecular weight is 350 g/mol. The summed E-state index contributed by atoms with van der Waals surface area (Å²) in [6.45, 7) is 5.10. The van der Waals surface area contributed by atoms with E-state index in [1.165, 1.54) is 0 Å². The molecule has 2 aromatic rings. The van der Waals surface area contributed by atoms with Gasteiger partial charge in [0.2, 0.25) is 11.9 Å². The van der Waals surface area contributed by atoms with Gasteiger partial charge in [0, 0.05) is 44.5 Å². The molecule has 136 valence electrons. The van der Waals surface area contributed by atoms with E-state index in [1.54, 1.807) is 12.4 Å². The maximum atomic E-state index is 12.9. The SMILES string of the molecule is CCN(CC=Cc1ccccc1)C(=O)C1CCN(c2ncccn2)CC1. The highest BCUT2D eigenvalue weighted by Gasteiger charge is 2.28. The van der Waals surface area contributed by atoms with Crippen molar-refractivity contribution in [3.8, 4) is 0 Å². The van der Waals surface area contributed by atoms with Crippen LogP contribution < -0.4 is 4.90 Å². The Morgan fingerprint density at radius 2 is 1.85 bits per heavy atom. The first-order chi connectivity index (χ1) is 12.8. The molecule has 3 rings (SSSR count). The van der Waals surface area contributed by atoms with Crippen molar-refractivity contribution in [3.05, 3.63) is 60.4 Å². The van der Waals surface area contributed by atoms with E-state index in [2.05, 4.69) is 39.2 Å². The lowest BCUT2D eigenvalue weighted by molar-refractivity contribution is -0.135. The van der Waals surface area contributed by atoms with Gasteiger partial charge in [0.05, 0.1) is 0 Å². The van der Waals surface area contributed by atoms with E-state index in [1.807, 2.05) is 36.1 Å². The molecule has 1 aliphatic rings. The van der Waals surface area contributed by atoms with Crippen LogP contribution in [-0.2, 0) is 4.79 Å². The van der Waals surface area contributed by atoms with Gasteiger partial charge in [-0.05, 0) is 31.4 Å². The minimum Gasteiger partial charge on any atom is -0.341 e. The molecule has 1 aliphatic heterocycles. The summed E-state index contributed by atoms with van der Waals surface area (Å²) in [5.41, 5.74) is 1.16. The molecular formula is C21H26N4O. The van der Waals surface area contributed by atoms with Crippen molar-refractivity contribution in [2.24, 2.45) is 5.92 Å². The summed E-state index contributed by atoms with van der Waals surface area (Å²) in [7, 11) is 0. The number of hydrogen-bond donors (Lipinski definition) is 0. The van der Waals surface area contributed by atoms with Gasteiger partial charge in [-0.15, -0.1) is 0 Å². The zero-order chi connectivity index (χ0) is 18.2. The van der Waals surface area contributed by atoms with Crippen molar-refractivity contribution in [2.45, 2.75) is 19.8 Å². The number of aromatic nitrogens is 2. The van der Waals surface area contributed by atoms with Crippen molar-refractivity contribution in [1.82, 2.24) is 14.9 Å². The number of amides is 1. The summed E-state index contributed by atoms with van der Waals surface area (Å²) in [4.78, 5) is 25.6. The fraction of sp³-hybridized carbons (Fsp3) is 0.381. The number of anilines is 1. The standard InChI is InChI=1S/C21H26N4O/c1-2-24(15-6-10-18-8-4-3-5-9-18)20(26)19-11-16-25(17-12-19)21-22-13-7-14-23-21/h3-10,13-14,19H,2,11-12,15-17H2,1H3. The predicted molar refractivity (Wildman–Crippen MR) is 105 cm³/mol. The molecule has 0 radical (unpaired) electrons. The maximum Gasteiger partial charge on any atom is 0.226 e. The van der Waals surface area contributed by atoms with Crippen LogP contribution in [0.15, 0.2) is 54.9 Å². The van der Waals surface area contributed by atoms with E-state index in [-0.39, 0.29) is 11.8 Å². The minimum atomic E-state index is 0.0973. The van der Waals surface area contributed by atoms with Crippen LogP contribution in [0.1, 0.15) is 25.3 Å². The third-order valence-corrected chi connectivity index (χ3v) is 4.81. The predicted octanol–water partition coefficient (Wildman–Crippen LogP) is 3.25. The fourth-order valence-electron chi connectivity index (χ4n) is 3.29. The molecule has 26 heavy (non-hydrogen) atoms. The Hall–Kier alpha value is -2.69. The van der Waals surface area contributed by atoms with Crippen LogP contribution >= 0.6 is 0 Å². The molecule has 1 aromatic heterocycles. The molecule has 0 atom stereocenters. The smallest absolute Gasteiger partial charge is 0.226 e. The first-order valence-electron chi connectivity index (χ1n) is 9.30. The minimum absolute atomic E-state index is 0.0973. The second-order valence-electron chi connectivity index (χ2n) is 6.50. The van der Waals surface area contributed by atoms with Crippen molar-refractivity contribution in [1.29, 1.82) is 0 Å². The summed E-state index contributed by atoms with van der Waals surface area (Å²) in [6.07, 6.45) is 9.38. The van der Waals surface area contributed by atoms with Crippen LogP contribution in [0, 0.1) is 5.92 Å². The Bertz CT molecular complexity index is 709. The highest BCUT2D eigenvalue weighted by atomic mass is 16.2. The van der Waals surface area contributed by atoms with Crippen LogP contribution in [0.3, 0.4) is 0 Å². The van der Waals surface area contributed by atoms with Gasteiger partial charge in [0.15, 0.2) is 0 Å². The van der Waals surface area contributed by atoms with E-state index in [0.717, 1.165) is 44.0 Å². The largest absolute Gasteiger partial charge is 0.341 e. The van der Waals surface area contributed by atoms with Gasteiger partial charge in [-0.1, -0.05) is 42.5 Å². The second kappa shape index (κ2) is 9.13. The van der Waals surface area contributed by atoms with Crippen molar-refractivity contribution in [2.75, 3.05) is 31.1 Å². The van der Waals surface area contributed by atoms with Crippen molar-refractivity contribution in [3.63, 3.8) is 0 Å². The molecule has 0 spiro atoms. The molecule has 0 aliphatic carbocycles. The molecule has 0 N–H and O–H groups in total. The van der Waals surface area contributed by atoms with E-state index in [4.69, 9.17) is 0 Å². The van der Waals surface area contributed by atoms with Gasteiger partial charge in [-0.25, -0.2) is 9.97 Å². The zero-order valence-electron chi connectivity index (χ0n) is 15.3. The van der Waals surface area contributed by atoms with Crippen molar-refractivity contribution < 1.29 is 4.79 Å². The number of carbonyl (C=O) groups excluding carboxylic acids is 1. The molecule has 0 bridgehead atoms. The number of nitrogens with zero attached hydrogens (tertiary/aromatic N) is 4. The molecule has 1 saturated heterocycles. The number of rotatable bonds is 6. The third kappa shape index (κ3) is 4.69. The lowest BCUT2D eigenvalue weighted by Gasteiger charge is -2.33. The highest BCUT2D eigenvalue weighted by Crippen LogP contribution is 2.22. The number of piperidine rings is 1. The van der Waals surface area contributed by atoms with Gasteiger partial charge in [0.1, 0.15) is 0 Å². The Labute approximate surface area is 155 Å². The van der Waals surface area contributed by atoms with Gasteiger partial charge in [-0.3, -0.25) is 4.79 Å². The molecule has 1 amide bonds. The zero-order valence-corrected chi connectivity index (χ0v) is 15.3. The van der Waals surface area contributed by atoms with E-state index < -0.39 is 0 Å². The van der Waals surface area contributed by atoms with Gasteiger partial charge in [0.25, 0.3) is 0 Å². The van der Waals surface area contributed by atoms with E-state index in [0.29, 0.717) is 6.54 Å². The topological polar surface area (TPSA) is 49.3 Å². The molecule has 1 fully saturated rings. The normalized spacial score (nSPS) is 15.3. The summed E-state index contributed by atoms with van der Waals surface area (Å²) in [6, 6.07) is 12.0. The lowest BCUT2D eigenvalue weighted by atomic mass is 9.95. The average Bonchev–Trinajstić information content (AvgIpc) is 2.72. The number of hydrogen-bond acceptors (Lipinski definition) is 4. The lowest BCUT2D eigenvalue weighted by Crippen LogP contribution is -2.43. The van der Waals surface area contributed by atoms with E-state index >= 15 is 0 Å². The quantitative estimate of drug-likeness (QED) is 0.802. The Balaban J connectivity index is 1.52. The first kappa shape index (κ1) is 18.1. The summed E-state index contributed by atoms with van der Waals surface area (Å²) >= 11 is 0. The highest BCUT2D eigenvalue weighted by molar-refractivity contribution is 5.79. The Morgan fingerprint density at radius 3 is 2.50 bits per heavy atom. The van der Waals surface area contributed by atoms with Crippen LogP contribution in [0.5, 0.6) is 0 Å². The Kier molecular flexibility index (Phi) is 6.36. The summed E-state index contributed by atoms with van der Waals surface area (Å²) in [5.74, 6) is 1.12. The van der Waals surface area contributed by atoms with Crippen LogP contribution in [-0.4, -0.2) is 47.0 Å². The van der Waals surface area contributed by atoms with Crippen LogP contribution in [0.4, 0.5) is 5.95 Å². The molecule has 5 nitrogen and oxygen atoms in total. The van der Waals surface area contributed by atoms with Gasteiger partial charge in [-0.2, -0.15) is 0 Å². The number of likely N-dealkylation sites (N-methyl/N-ethyl adjacent to an activating group) is 1. The third-order valence-electron chi connectivity index (χ3n) is 4.81. The monoisotopic (exact) mass is 350 g/mol. The summed E-state index contributed by atoms with van der Waals surface area (Å²) < 4.78 is 0. The van der Waals surface area contributed by atoms with Gasteiger partial charge < -0.3 is 9.80 Å². The van der Waals surface area contributed by atoms with Crippen molar-refractivity contribution >= 4 is 17.9 Å². The summed E-state index contributed by atoms with van der Waals surface area (Å²) in [5, 5.41) is 0. The molecule has 0 saturated carbocycles. The number of carbonyl (C=O) groups is 1. The molecule has 2 heterocycles. The Morgan fingerprint density at radius 1 is 1.15 bits per heavy atom. The van der Waals surface area contributed by atoms with E-state index in [9.17, 15) is 4.79 Å². The number of benzene rings is 1. The molecular weight excluding hydrogens is 324 g/mol. The maximum absolute atomic E-state index is 12.9. The molecule has 0 unspecified atom stereocenters. The molecule has 5 heteroatoms.